The first-order chi connectivity index (χ1) is 7.61. The van der Waals surface area contributed by atoms with E-state index in [1.54, 1.807) is 5.38 Å². The lowest BCUT2D eigenvalue weighted by molar-refractivity contribution is 0.0651. The van der Waals surface area contributed by atoms with Crippen molar-refractivity contribution in [2.24, 2.45) is 0 Å². The van der Waals surface area contributed by atoms with Gasteiger partial charge in [-0.25, -0.2) is 19.6 Å². The summed E-state index contributed by atoms with van der Waals surface area (Å²) in [7, 11) is 0. The zero-order chi connectivity index (χ0) is 12.0. The fourth-order valence-corrected chi connectivity index (χ4v) is 1.13. The molecule has 0 aliphatic rings. The molecule has 2 heterocycles. The molecule has 84 valence electrons. The van der Waals surface area contributed by atoms with Gasteiger partial charge in [0.2, 0.25) is 5.01 Å². The second kappa shape index (κ2) is 5.61. The second-order valence-corrected chi connectivity index (χ2v) is 3.18. The summed E-state index contributed by atoms with van der Waals surface area (Å²) in [5, 5.41) is 18.1. The highest BCUT2D eigenvalue weighted by atomic mass is 32.1. The van der Waals surface area contributed by atoms with Crippen LogP contribution in [-0.2, 0) is 0 Å². The van der Waals surface area contributed by atoms with Crippen molar-refractivity contribution >= 4 is 23.3 Å². The molecule has 0 aliphatic heterocycles. The summed E-state index contributed by atoms with van der Waals surface area (Å²) >= 11 is 1.12. The molecule has 2 N–H and O–H groups in total. The molecular weight excluding hydrogens is 236 g/mol. The number of carboxylic acids is 2. The Hall–Kier alpha value is -2.22. The molecule has 0 saturated heterocycles. The van der Waals surface area contributed by atoms with Crippen LogP contribution >= 0.6 is 11.3 Å². The van der Waals surface area contributed by atoms with Crippen LogP contribution in [0.5, 0.6) is 0 Å². The SMILES string of the molecule is O=C(O)c1ncco1.O=C(O)c1nccs1. The van der Waals surface area contributed by atoms with Gasteiger partial charge in [0.1, 0.15) is 6.26 Å². The molecule has 0 bridgehead atoms. The highest BCUT2D eigenvalue weighted by Gasteiger charge is 2.04. The zero-order valence-corrected chi connectivity index (χ0v) is 8.55. The van der Waals surface area contributed by atoms with Crippen molar-refractivity contribution in [2.45, 2.75) is 0 Å². The maximum Gasteiger partial charge on any atom is 0.392 e. The quantitative estimate of drug-likeness (QED) is 0.813. The molecule has 0 radical (unpaired) electrons. The molecule has 0 atom stereocenters. The minimum absolute atomic E-state index is 0.144. The van der Waals surface area contributed by atoms with E-state index in [0.717, 1.165) is 11.3 Å². The molecule has 7 nitrogen and oxygen atoms in total. The topological polar surface area (TPSA) is 114 Å². The van der Waals surface area contributed by atoms with Crippen molar-refractivity contribution < 1.29 is 24.2 Å². The number of thiazole rings is 1. The molecule has 2 aromatic heterocycles. The minimum atomic E-state index is -1.14. The van der Waals surface area contributed by atoms with E-state index >= 15 is 0 Å². The fourth-order valence-electron chi connectivity index (χ4n) is 0.658. The summed E-state index contributed by atoms with van der Waals surface area (Å²) < 4.78 is 4.38. The van der Waals surface area contributed by atoms with Crippen LogP contribution in [0.4, 0.5) is 0 Å². The smallest absolute Gasteiger partial charge is 0.392 e. The van der Waals surface area contributed by atoms with Crippen molar-refractivity contribution in [1.82, 2.24) is 9.97 Å². The van der Waals surface area contributed by atoms with Gasteiger partial charge < -0.3 is 14.6 Å². The van der Waals surface area contributed by atoms with Crippen LogP contribution < -0.4 is 0 Å². The largest absolute Gasteiger partial charge is 0.476 e. The Labute approximate surface area is 93.0 Å². The number of aromatic nitrogens is 2. The summed E-state index contributed by atoms with van der Waals surface area (Å²) in [4.78, 5) is 26.8. The van der Waals surface area contributed by atoms with Crippen molar-refractivity contribution in [3.63, 3.8) is 0 Å². The number of nitrogens with zero attached hydrogens (tertiary/aromatic N) is 2. The lowest BCUT2D eigenvalue weighted by atomic mass is 10.7. The van der Waals surface area contributed by atoms with Gasteiger partial charge in [0.15, 0.2) is 0 Å². The van der Waals surface area contributed by atoms with Crippen molar-refractivity contribution in [1.29, 1.82) is 0 Å². The van der Waals surface area contributed by atoms with Crippen LogP contribution in [-0.4, -0.2) is 32.1 Å². The van der Waals surface area contributed by atoms with Gasteiger partial charge in [0.25, 0.3) is 0 Å². The summed E-state index contributed by atoms with van der Waals surface area (Å²) in [6.07, 6.45) is 3.96. The van der Waals surface area contributed by atoms with Gasteiger partial charge in [-0.1, -0.05) is 0 Å². The first kappa shape index (κ1) is 11.9. The van der Waals surface area contributed by atoms with E-state index in [2.05, 4.69) is 14.4 Å². The minimum Gasteiger partial charge on any atom is -0.476 e. The predicted molar refractivity (Wildman–Crippen MR) is 52.5 cm³/mol. The number of hydrogen-bond donors (Lipinski definition) is 2. The van der Waals surface area contributed by atoms with E-state index in [1.165, 1.54) is 18.7 Å². The Morgan fingerprint density at radius 2 is 1.94 bits per heavy atom. The van der Waals surface area contributed by atoms with Crippen molar-refractivity contribution in [3.05, 3.63) is 34.9 Å². The van der Waals surface area contributed by atoms with E-state index in [1.807, 2.05) is 0 Å². The molecule has 0 amide bonds. The van der Waals surface area contributed by atoms with Gasteiger partial charge in [-0.2, -0.15) is 0 Å². The first-order valence-electron chi connectivity index (χ1n) is 3.87. The number of aromatic carboxylic acids is 2. The first-order valence-corrected chi connectivity index (χ1v) is 4.75. The number of oxazole rings is 1. The number of carbonyl (C=O) groups is 2. The van der Waals surface area contributed by atoms with Crippen molar-refractivity contribution in [2.75, 3.05) is 0 Å². The molecule has 0 aromatic carbocycles. The van der Waals surface area contributed by atoms with E-state index in [9.17, 15) is 9.59 Å². The van der Waals surface area contributed by atoms with Crippen LogP contribution in [0.2, 0.25) is 0 Å². The van der Waals surface area contributed by atoms with Gasteiger partial charge in [0.05, 0.1) is 6.20 Å². The Balaban J connectivity index is 0.000000160. The lowest BCUT2D eigenvalue weighted by Gasteiger charge is -1.77. The molecule has 2 rings (SSSR count). The molecule has 16 heavy (non-hydrogen) atoms. The van der Waals surface area contributed by atoms with Gasteiger partial charge in [-0.3, -0.25) is 0 Å². The van der Waals surface area contributed by atoms with Crippen molar-refractivity contribution in [3.8, 4) is 0 Å². The molecule has 0 spiro atoms. The third-order valence-electron chi connectivity index (χ3n) is 1.23. The van der Waals surface area contributed by atoms with Crippen LogP contribution in [0, 0.1) is 0 Å². The number of rotatable bonds is 2. The van der Waals surface area contributed by atoms with E-state index in [0.29, 0.717) is 0 Å². The average molecular weight is 242 g/mol. The van der Waals surface area contributed by atoms with Gasteiger partial charge in [-0.15, -0.1) is 11.3 Å². The molecule has 0 aliphatic carbocycles. The third kappa shape index (κ3) is 3.50. The maximum atomic E-state index is 10.0. The molecule has 0 fully saturated rings. The van der Waals surface area contributed by atoms with Crippen LogP contribution in [0.3, 0.4) is 0 Å². The van der Waals surface area contributed by atoms with E-state index in [-0.39, 0.29) is 10.9 Å². The van der Waals surface area contributed by atoms with Crippen LogP contribution in [0.25, 0.3) is 0 Å². The third-order valence-corrected chi connectivity index (χ3v) is 1.99. The number of carboxylic acid groups (broad SMARTS) is 2. The van der Waals surface area contributed by atoms with E-state index in [4.69, 9.17) is 10.2 Å². The highest BCUT2D eigenvalue weighted by Crippen LogP contribution is 2.01. The van der Waals surface area contributed by atoms with Gasteiger partial charge in [-0.05, 0) is 0 Å². The van der Waals surface area contributed by atoms with Gasteiger partial charge >= 0.3 is 17.8 Å². The highest BCUT2D eigenvalue weighted by molar-refractivity contribution is 7.11. The normalized spacial score (nSPS) is 9.00. The maximum absolute atomic E-state index is 10.0. The zero-order valence-electron chi connectivity index (χ0n) is 7.73. The molecular formula is C8H6N2O5S. The van der Waals surface area contributed by atoms with Crippen LogP contribution in [0.15, 0.2) is 28.5 Å². The van der Waals surface area contributed by atoms with E-state index < -0.39 is 11.9 Å². The summed E-state index contributed by atoms with van der Waals surface area (Å²) in [6.45, 7) is 0. The Bertz CT molecular complexity index is 406. The Kier molecular flexibility index (Phi) is 4.16. The molecule has 2 aromatic rings. The standard InChI is InChI=1S/C4H3NO3.C4H3NO2S/c2*6-4(7)3-5-1-2-8-3/h2*1-2H,(H,6,7). The summed E-state index contributed by atoms with van der Waals surface area (Å²) in [5.74, 6) is -2.38. The molecule has 0 saturated carbocycles. The Morgan fingerprint density at radius 1 is 1.19 bits per heavy atom. The summed E-state index contributed by atoms with van der Waals surface area (Å²) in [5.41, 5.74) is 0. The fraction of sp³-hybridized carbons (Fsp3) is 0. The lowest BCUT2D eigenvalue weighted by Crippen LogP contribution is -1.94. The Morgan fingerprint density at radius 3 is 2.19 bits per heavy atom. The monoisotopic (exact) mass is 242 g/mol. The molecule has 8 heteroatoms. The molecule has 0 unspecified atom stereocenters. The number of hydrogen-bond acceptors (Lipinski definition) is 6. The predicted octanol–water partition coefficient (Wildman–Crippen LogP) is 1.21. The van der Waals surface area contributed by atoms with Gasteiger partial charge in [0, 0.05) is 11.6 Å². The van der Waals surface area contributed by atoms with Crippen LogP contribution in [0.1, 0.15) is 20.5 Å². The summed E-state index contributed by atoms with van der Waals surface area (Å²) in [6, 6.07) is 0. The average Bonchev–Trinajstić information content (AvgIpc) is 2.93. The second-order valence-electron chi connectivity index (χ2n) is 2.28.